The molecule has 162 valence electrons. The fraction of sp³-hybridized carbons (Fsp3) is 0.692. The lowest BCUT2D eigenvalue weighted by Gasteiger charge is -2.46. The first-order chi connectivity index (χ1) is 13.8. The number of hydrogen-bond acceptors (Lipinski definition) is 2. The number of piperidine rings is 2. The van der Waals surface area contributed by atoms with Crippen LogP contribution >= 0.6 is 0 Å². The molecular formula is C26H41FN2. The molecule has 2 heterocycles. The molecule has 3 heteroatoms. The number of allylic oxidation sites excluding steroid dienone is 1. The number of nitrogens with one attached hydrogen (secondary N) is 1. The Morgan fingerprint density at radius 2 is 1.83 bits per heavy atom. The van der Waals surface area contributed by atoms with Crippen LogP contribution in [-0.2, 0) is 11.8 Å². The van der Waals surface area contributed by atoms with Gasteiger partial charge in [-0.3, -0.25) is 0 Å². The van der Waals surface area contributed by atoms with Crippen molar-refractivity contribution in [1.82, 2.24) is 10.2 Å². The number of fused-ring (bicyclic) bond motifs is 2. The monoisotopic (exact) mass is 400 g/mol. The van der Waals surface area contributed by atoms with Gasteiger partial charge in [0.2, 0.25) is 0 Å². The zero-order valence-corrected chi connectivity index (χ0v) is 19.0. The predicted octanol–water partition coefficient (Wildman–Crippen LogP) is 6.21. The number of rotatable bonds is 2. The summed E-state index contributed by atoms with van der Waals surface area (Å²) in [7, 11) is 0. The molecule has 1 N–H and O–H groups in total. The van der Waals surface area contributed by atoms with E-state index in [2.05, 4.69) is 37.6 Å². The quantitative estimate of drug-likeness (QED) is 0.635. The van der Waals surface area contributed by atoms with Gasteiger partial charge in [0.25, 0.3) is 0 Å². The van der Waals surface area contributed by atoms with E-state index in [-0.39, 0.29) is 11.2 Å². The highest BCUT2D eigenvalue weighted by Crippen LogP contribution is 2.45. The molecule has 0 unspecified atom stereocenters. The highest BCUT2D eigenvalue weighted by atomic mass is 19.1. The van der Waals surface area contributed by atoms with Gasteiger partial charge in [0.1, 0.15) is 5.82 Å². The van der Waals surface area contributed by atoms with Gasteiger partial charge in [0, 0.05) is 12.2 Å². The van der Waals surface area contributed by atoms with E-state index in [1.165, 1.54) is 87.8 Å². The lowest BCUT2D eigenvalue weighted by molar-refractivity contribution is 0.131. The van der Waals surface area contributed by atoms with Crippen molar-refractivity contribution < 1.29 is 4.39 Å². The molecule has 2 nitrogen and oxygen atoms in total. The Balaban J connectivity index is 0.000000290. The second-order valence-electron chi connectivity index (χ2n) is 10.6. The summed E-state index contributed by atoms with van der Waals surface area (Å²) in [5.74, 6) is -0.0600. The number of likely N-dealkylation sites (tertiary alicyclic amines) is 1. The van der Waals surface area contributed by atoms with Gasteiger partial charge in [-0.25, -0.2) is 4.39 Å². The Morgan fingerprint density at radius 1 is 1.07 bits per heavy atom. The zero-order valence-electron chi connectivity index (χ0n) is 19.0. The van der Waals surface area contributed by atoms with Gasteiger partial charge in [-0.05, 0) is 112 Å². The molecule has 1 aromatic rings. The average Bonchev–Trinajstić information content (AvgIpc) is 2.69. The van der Waals surface area contributed by atoms with Gasteiger partial charge >= 0.3 is 0 Å². The van der Waals surface area contributed by atoms with Gasteiger partial charge in [-0.1, -0.05) is 33.4 Å². The predicted molar refractivity (Wildman–Crippen MR) is 122 cm³/mol. The lowest BCUT2D eigenvalue weighted by Crippen LogP contribution is -2.45. The van der Waals surface area contributed by atoms with Crippen LogP contribution in [0.15, 0.2) is 30.5 Å². The Bertz CT molecular complexity index is 672. The van der Waals surface area contributed by atoms with E-state index in [1.807, 2.05) is 12.1 Å². The third-order valence-corrected chi connectivity index (χ3v) is 7.02. The third kappa shape index (κ3) is 6.31. The molecule has 2 fully saturated rings. The topological polar surface area (TPSA) is 15.3 Å². The van der Waals surface area contributed by atoms with E-state index < -0.39 is 0 Å². The van der Waals surface area contributed by atoms with Crippen molar-refractivity contribution >= 4 is 0 Å². The Morgan fingerprint density at radius 3 is 2.41 bits per heavy atom. The van der Waals surface area contributed by atoms with E-state index in [0.717, 1.165) is 13.0 Å². The molecule has 1 spiro atoms. The Kier molecular flexibility index (Phi) is 7.42. The van der Waals surface area contributed by atoms with Crippen LogP contribution in [-0.4, -0.2) is 31.1 Å². The van der Waals surface area contributed by atoms with Crippen LogP contribution in [0.3, 0.4) is 0 Å². The summed E-state index contributed by atoms with van der Waals surface area (Å²) >= 11 is 0. The Hall–Kier alpha value is -1.35. The van der Waals surface area contributed by atoms with Crippen LogP contribution < -0.4 is 5.32 Å². The van der Waals surface area contributed by atoms with E-state index in [4.69, 9.17) is 0 Å². The maximum atomic E-state index is 13.8. The first-order valence-corrected chi connectivity index (χ1v) is 11.7. The molecule has 0 aromatic heterocycles. The molecule has 4 rings (SSSR count). The van der Waals surface area contributed by atoms with E-state index >= 15 is 0 Å². The average molecular weight is 401 g/mol. The van der Waals surface area contributed by atoms with Gasteiger partial charge in [0.15, 0.2) is 0 Å². The highest BCUT2D eigenvalue weighted by Gasteiger charge is 2.39. The van der Waals surface area contributed by atoms with Crippen molar-refractivity contribution in [2.75, 3.05) is 26.2 Å². The molecule has 0 bridgehead atoms. The van der Waals surface area contributed by atoms with Gasteiger partial charge in [-0.15, -0.1) is 0 Å². The first kappa shape index (κ1) is 22.3. The SMILES string of the molecule is C=C1CCCCN1.CC(C)(C)CCN1CCC2(CCCc3ccc(F)cc32)CC1. The fourth-order valence-corrected chi connectivity index (χ4v) is 5.05. The molecule has 0 amide bonds. The van der Waals surface area contributed by atoms with Crippen molar-refractivity contribution in [1.29, 1.82) is 0 Å². The number of nitrogens with zero attached hydrogens (tertiary/aromatic N) is 1. The van der Waals surface area contributed by atoms with Crippen LogP contribution in [0.2, 0.25) is 0 Å². The smallest absolute Gasteiger partial charge is 0.123 e. The summed E-state index contributed by atoms with van der Waals surface area (Å²) in [6.45, 7) is 15.4. The summed E-state index contributed by atoms with van der Waals surface area (Å²) in [5.41, 5.74) is 4.61. The summed E-state index contributed by atoms with van der Waals surface area (Å²) in [6.07, 6.45) is 11.1. The molecule has 0 saturated carbocycles. The normalized spacial score (nSPS) is 21.7. The maximum absolute atomic E-state index is 13.8. The van der Waals surface area contributed by atoms with E-state index in [1.54, 1.807) is 6.07 Å². The van der Waals surface area contributed by atoms with Gasteiger partial charge in [-0.2, -0.15) is 0 Å². The summed E-state index contributed by atoms with van der Waals surface area (Å²) in [5, 5.41) is 3.19. The van der Waals surface area contributed by atoms with Gasteiger partial charge < -0.3 is 10.2 Å². The molecule has 0 radical (unpaired) electrons. The Labute approximate surface area is 178 Å². The first-order valence-electron chi connectivity index (χ1n) is 11.7. The number of hydrogen-bond donors (Lipinski definition) is 1. The highest BCUT2D eigenvalue weighted by molar-refractivity contribution is 5.38. The van der Waals surface area contributed by atoms with Crippen molar-refractivity contribution in [3.8, 4) is 0 Å². The van der Waals surface area contributed by atoms with Crippen LogP contribution in [0, 0.1) is 11.2 Å². The minimum absolute atomic E-state index is 0.0600. The molecule has 2 saturated heterocycles. The second kappa shape index (κ2) is 9.64. The van der Waals surface area contributed by atoms with Crippen molar-refractivity contribution in [3.05, 3.63) is 47.4 Å². The van der Waals surface area contributed by atoms with Crippen LogP contribution in [0.5, 0.6) is 0 Å². The molecule has 3 aliphatic rings. The molecule has 2 aliphatic heterocycles. The van der Waals surface area contributed by atoms with E-state index in [9.17, 15) is 4.39 Å². The van der Waals surface area contributed by atoms with Crippen molar-refractivity contribution in [3.63, 3.8) is 0 Å². The molecule has 0 atom stereocenters. The number of halogens is 1. The van der Waals surface area contributed by atoms with E-state index in [0.29, 0.717) is 5.41 Å². The summed E-state index contributed by atoms with van der Waals surface area (Å²) < 4.78 is 13.8. The van der Waals surface area contributed by atoms with Crippen LogP contribution in [0.4, 0.5) is 4.39 Å². The summed E-state index contributed by atoms with van der Waals surface area (Å²) in [6, 6.07) is 5.49. The van der Waals surface area contributed by atoms with Crippen molar-refractivity contribution in [2.24, 2.45) is 5.41 Å². The minimum Gasteiger partial charge on any atom is -0.389 e. The largest absolute Gasteiger partial charge is 0.389 e. The second-order valence-corrected chi connectivity index (χ2v) is 10.6. The number of aryl methyl sites for hydroxylation is 1. The molecule has 1 aliphatic carbocycles. The van der Waals surface area contributed by atoms with Crippen molar-refractivity contribution in [2.45, 2.75) is 84.0 Å². The molecular weight excluding hydrogens is 359 g/mol. The lowest BCUT2D eigenvalue weighted by atomic mass is 9.65. The zero-order chi connectivity index (χ0) is 20.9. The summed E-state index contributed by atoms with van der Waals surface area (Å²) in [4.78, 5) is 2.62. The standard InChI is InChI=1S/C20H30FN.C6H11N/c1-19(2,3)9-12-22-13-10-20(11-14-22)8-4-5-16-6-7-17(21)15-18(16)20;1-6-4-2-3-5-7-6/h6-7,15H,4-5,8-14H2,1-3H3;7H,1-5H2. The molecule has 1 aromatic carbocycles. The fourth-order valence-electron chi connectivity index (χ4n) is 5.05. The number of benzene rings is 1. The third-order valence-electron chi connectivity index (χ3n) is 7.02. The van der Waals surface area contributed by atoms with Gasteiger partial charge in [0.05, 0.1) is 0 Å². The minimum atomic E-state index is -0.0600. The van der Waals surface area contributed by atoms with Crippen LogP contribution in [0.1, 0.15) is 83.3 Å². The molecule has 29 heavy (non-hydrogen) atoms. The van der Waals surface area contributed by atoms with Crippen LogP contribution in [0.25, 0.3) is 0 Å². The maximum Gasteiger partial charge on any atom is 0.123 e.